The molecule has 0 aliphatic heterocycles. The lowest BCUT2D eigenvalue weighted by Gasteiger charge is -1.98. The number of halogens is 2. The van der Waals surface area contributed by atoms with Crippen LogP contribution in [0.1, 0.15) is 16.2 Å². The van der Waals surface area contributed by atoms with Gasteiger partial charge in [-0.1, -0.05) is 31.9 Å². The summed E-state index contributed by atoms with van der Waals surface area (Å²) in [5.41, 5.74) is 0.937. The number of carbonyl (C=O) groups excluding carboxylic acids is 1. The van der Waals surface area contributed by atoms with Crippen molar-refractivity contribution < 1.29 is 4.79 Å². The zero-order valence-corrected chi connectivity index (χ0v) is 9.46. The minimum atomic E-state index is -0.410. The van der Waals surface area contributed by atoms with Gasteiger partial charge in [0.05, 0.1) is 0 Å². The maximum atomic E-state index is 11.2. The highest BCUT2D eigenvalue weighted by atomic mass is 79.9. The highest BCUT2D eigenvalue weighted by molar-refractivity contribution is 9.25. The van der Waals surface area contributed by atoms with Gasteiger partial charge in [-0.15, -0.1) is 0 Å². The van der Waals surface area contributed by atoms with Gasteiger partial charge in [0, 0.05) is 12.4 Å². The zero-order valence-electron chi connectivity index (χ0n) is 6.29. The molecular weight excluding hydrogens is 288 g/mol. The number of rotatable bonds is 2. The molecule has 1 aromatic rings. The second-order valence-corrected chi connectivity index (χ2v) is 5.31. The third-order valence-corrected chi connectivity index (χ3v) is 2.03. The van der Waals surface area contributed by atoms with Gasteiger partial charge in [0.2, 0.25) is 5.78 Å². The molecule has 0 saturated carbocycles. The van der Waals surface area contributed by atoms with Gasteiger partial charge in [-0.2, -0.15) is 0 Å². The third-order valence-electron chi connectivity index (χ3n) is 1.20. The first kappa shape index (κ1) is 9.80. The summed E-state index contributed by atoms with van der Waals surface area (Å²) < 4.78 is -0.410. The van der Waals surface area contributed by atoms with Gasteiger partial charge in [0.1, 0.15) is 3.74 Å². The first-order valence-electron chi connectivity index (χ1n) is 3.22. The van der Waals surface area contributed by atoms with Crippen LogP contribution < -0.4 is 0 Å². The number of Topliss-reactive ketones (excluding diaryl/α,β-unsaturated/α-hetero) is 1. The molecule has 1 heterocycles. The van der Waals surface area contributed by atoms with Crippen LogP contribution in [-0.2, 0) is 0 Å². The summed E-state index contributed by atoms with van der Waals surface area (Å²) in [6.07, 6.45) is 3.23. The summed E-state index contributed by atoms with van der Waals surface area (Å²) >= 11 is 6.16. The molecule has 0 saturated heterocycles. The van der Waals surface area contributed by atoms with Gasteiger partial charge in [0.15, 0.2) is 5.82 Å². The van der Waals surface area contributed by atoms with E-state index in [1.54, 1.807) is 12.4 Å². The largest absolute Gasteiger partial charge is 0.288 e. The summed E-state index contributed by atoms with van der Waals surface area (Å²) in [4.78, 5) is 19.0. The molecule has 5 heteroatoms. The molecule has 1 rings (SSSR count). The number of carbonyl (C=O) groups is 1. The van der Waals surface area contributed by atoms with Crippen molar-refractivity contribution in [2.24, 2.45) is 0 Å². The fourth-order valence-corrected chi connectivity index (χ4v) is 1.03. The first-order valence-corrected chi connectivity index (χ1v) is 5.05. The Labute approximate surface area is 86.9 Å². The van der Waals surface area contributed by atoms with Crippen molar-refractivity contribution in [1.29, 1.82) is 0 Å². The Morgan fingerprint density at radius 2 is 1.92 bits per heavy atom. The molecule has 0 unspecified atom stereocenters. The fraction of sp³-hybridized carbons (Fsp3) is 0.286. The quantitative estimate of drug-likeness (QED) is 0.619. The van der Waals surface area contributed by atoms with E-state index in [4.69, 9.17) is 0 Å². The zero-order chi connectivity index (χ0) is 9.14. The van der Waals surface area contributed by atoms with Crippen molar-refractivity contribution in [3.05, 3.63) is 23.8 Å². The van der Waals surface area contributed by atoms with Crippen LogP contribution in [0.25, 0.3) is 0 Å². The Balaban J connectivity index is 2.90. The molecule has 0 aromatic carbocycles. The van der Waals surface area contributed by atoms with E-state index < -0.39 is 3.74 Å². The van der Waals surface area contributed by atoms with Gasteiger partial charge in [0.25, 0.3) is 0 Å². The average Bonchev–Trinajstić information content (AvgIpc) is 2.04. The molecule has 12 heavy (non-hydrogen) atoms. The van der Waals surface area contributed by atoms with Crippen molar-refractivity contribution in [2.75, 3.05) is 0 Å². The van der Waals surface area contributed by atoms with E-state index in [0.717, 1.165) is 5.56 Å². The summed E-state index contributed by atoms with van der Waals surface area (Å²) in [5, 5.41) is 0. The van der Waals surface area contributed by atoms with E-state index in [1.807, 2.05) is 6.92 Å². The molecule has 1 aromatic heterocycles. The van der Waals surface area contributed by atoms with Crippen LogP contribution >= 0.6 is 31.9 Å². The van der Waals surface area contributed by atoms with E-state index in [0.29, 0.717) is 0 Å². The number of aromatic nitrogens is 2. The van der Waals surface area contributed by atoms with E-state index in [1.165, 1.54) is 0 Å². The molecule has 0 aliphatic carbocycles. The van der Waals surface area contributed by atoms with E-state index in [9.17, 15) is 4.79 Å². The van der Waals surface area contributed by atoms with Crippen molar-refractivity contribution in [3.63, 3.8) is 0 Å². The Kier molecular flexibility index (Phi) is 3.34. The Bertz CT molecular complexity index is 284. The number of hydrogen-bond acceptors (Lipinski definition) is 3. The minimum absolute atomic E-state index is 0.171. The van der Waals surface area contributed by atoms with Gasteiger partial charge >= 0.3 is 0 Å². The Morgan fingerprint density at radius 3 is 2.33 bits per heavy atom. The Morgan fingerprint density at radius 1 is 1.42 bits per heavy atom. The van der Waals surface area contributed by atoms with E-state index >= 15 is 0 Å². The Hall–Kier alpha value is -0.290. The monoisotopic (exact) mass is 292 g/mol. The first-order chi connectivity index (χ1) is 5.61. The van der Waals surface area contributed by atoms with Crippen LogP contribution in [-0.4, -0.2) is 19.5 Å². The summed E-state index contributed by atoms with van der Waals surface area (Å²) in [6.45, 7) is 1.87. The van der Waals surface area contributed by atoms with Crippen LogP contribution in [0.4, 0.5) is 0 Å². The maximum Gasteiger partial charge on any atom is 0.224 e. The summed E-state index contributed by atoms with van der Waals surface area (Å²) in [7, 11) is 0. The molecule has 0 aliphatic rings. The van der Waals surface area contributed by atoms with Crippen LogP contribution in [0, 0.1) is 6.92 Å². The number of ketones is 1. The molecule has 0 amide bonds. The second kappa shape index (κ2) is 4.09. The van der Waals surface area contributed by atoms with Crippen LogP contribution in [0.15, 0.2) is 12.4 Å². The lowest BCUT2D eigenvalue weighted by Crippen LogP contribution is -2.11. The highest BCUT2D eigenvalue weighted by Crippen LogP contribution is 2.12. The topological polar surface area (TPSA) is 42.9 Å². The van der Waals surface area contributed by atoms with Crippen molar-refractivity contribution >= 4 is 37.6 Å². The minimum Gasteiger partial charge on any atom is -0.288 e. The van der Waals surface area contributed by atoms with E-state index in [-0.39, 0.29) is 11.6 Å². The van der Waals surface area contributed by atoms with Crippen molar-refractivity contribution in [1.82, 2.24) is 9.97 Å². The van der Waals surface area contributed by atoms with E-state index in [2.05, 4.69) is 41.8 Å². The van der Waals surface area contributed by atoms with Crippen LogP contribution in [0.2, 0.25) is 0 Å². The van der Waals surface area contributed by atoms with Gasteiger partial charge in [-0.3, -0.25) is 4.79 Å². The van der Waals surface area contributed by atoms with Gasteiger partial charge in [-0.25, -0.2) is 9.97 Å². The molecule has 0 bridgehead atoms. The molecular formula is C7H6Br2N2O. The normalized spacial score (nSPS) is 10.3. The third kappa shape index (κ3) is 2.35. The average molecular weight is 294 g/mol. The van der Waals surface area contributed by atoms with Gasteiger partial charge in [-0.05, 0) is 12.5 Å². The molecule has 64 valence electrons. The highest BCUT2D eigenvalue weighted by Gasteiger charge is 2.15. The molecule has 0 N–H and O–H groups in total. The van der Waals surface area contributed by atoms with Crippen LogP contribution in [0.3, 0.4) is 0 Å². The molecule has 0 radical (unpaired) electrons. The SMILES string of the molecule is Cc1cnc(C(=O)C(Br)Br)nc1. The predicted molar refractivity (Wildman–Crippen MR) is 52.7 cm³/mol. The number of nitrogens with zero attached hydrogens (tertiary/aromatic N) is 2. The van der Waals surface area contributed by atoms with Crippen molar-refractivity contribution in [2.45, 2.75) is 10.7 Å². The smallest absolute Gasteiger partial charge is 0.224 e. The number of alkyl halides is 2. The predicted octanol–water partition coefficient (Wildman–Crippen LogP) is 2.08. The molecule has 0 spiro atoms. The summed E-state index contributed by atoms with van der Waals surface area (Å²) in [6, 6.07) is 0. The fourth-order valence-electron chi connectivity index (χ4n) is 0.617. The lowest BCUT2D eigenvalue weighted by atomic mass is 10.3. The van der Waals surface area contributed by atoms with Gasteiger partial charge < -0.3 is 0 Å². The second-order valence-electron chi connectivity index (χ2n) is 2.25. The van der Waals surface area contributed by atoms with Crippen molar-refractivity contribution in [3.8, 4) is 0 Å². The summed E-state index contributed by atoms with van der Waals surface area (Å²) in [5.74, 6) is 0.0503. The number of hydrogen-bond donors (Lipinski definition) is 0. The molecule has 0 atom stereocenters. The maximum absolute atomic E-state index is 11.2. The molecule has 3 nitrogen and oxygen atoms in total. The standard InChI is InChI=1S/C7H6Br2N2O/c1-4-2-10-7(11-3-4)5(12)6(8)9/h2-3,6H,1H3. The molecule has 0 fully saturated rings. The van der Waals surface area contributed by atoms with Crippen LogP contribution in [0.5, 0.6) is 0 Å². The lowest BCUT2D eigenvalue weighted by molar-refractivity contribution is 0.100. The number of aryl methyl sites for hydroxylation is 1.